The van der Waals surface area contributed by atoms with Gasteiger partial charge in [-0.3, -0.25) is 9.59 Å². The van der Waals surface area contributed by atoms with E-state index in [0.717, 1.165) is 12.0 Å². The molecule has 1 fully saturated rings. The Bertz CT molecular complexity index is 499. The van der Waals surface area contributed by atoms with Crippen molar-refractivity contribution in [1.29, 1.82) is 0 Å². The van der Waals surface area contributed by atoms with Gasteiger partial charge in [-0.15, -0.1) is 0 Å². The number of amides is 2. The first-order valence-corrected chi connectivity index (χ1v) is 6.35. The van der Waals surface area contributed by atoms with Gasteiger partial charge in [0.15, 0.2) is 0 Å². The molecule has 1 atom stereocenters. The van der Waals surface area contributed by atoms with Crippen LogP contribution in [0.25, 0.3) is 0 Å². The normalized spacial score (nSPS) is 18.6. The van der Waals surface area contributed by atoms with Crippen molar-refractivity contribution in [1.82, 2.24) is 10.6 Å². The number of methoxy groups -OCH3 is 1. The number of ether oxygens (including phenoxy) is 1. The molecule has 2 N–H and O–H groups in total. The number of carbonyl (C=O) groups excluding carboxylic acids is 2. The van der Waals surface area contributed by atoms with Gasteiger partial charge in [0.25, 0.3) is 5.91 Å². The number of nitrogens with one attached hydrogen (secondary N) is 2. The van der Waals surface area contributed by atoms with Crippen molar-refractivity contribution in [3.63, 3.8) is 0 Å². The number of rotatable bonds is 3. The van der Waals surface area contributed by atoms with Crippen LogP contribution in [-0.2, 0) is 4.79 Å². The molecular weight excluding hydrogens is 244 g/mol. The van der Waals surface area contributed by atoms with Crippen LogP contribution in [0.3, 0.4) is 0 Å². The first kappa shape index (κ1) is 13.4. The molecule has 5 nitrogen and oxygen atoms in total. The van der Waals surface area contributed by atoms with E-state index in [0.29, 0.717) is 24.3 Å². The lowest BCUT2D eigenvalue weighted by Gasteiger charge is -2.23. The van der Waals surface area contributed by atoms with E-state index < -0.39 is 6.04 Å². The molecule has 0 saturated carbocycles. The van der Waals surface area contributed by atoms with Crippen molar-refractivity contribution in [2.24, 2.45) is 0 Å². The molecule has 1 aliphatic rings. The second-order valence-electron chi connectivity index (χ2n) is 4.66. The Morgan fingerprint density at radius 1 is 1.47 bits per heavy atom. The summed E-state index contributed by atoms with van der Waals surface area (Å²) in [6, 6.07) is 4.94. The monoisotopic (exact) mass is 262 g/mol. The SMILES string of the molecule is COc1ccc(C)cc1C(=O)NC1CCCNC1=O. The Kier molecular flexibility index (Phi) is 4.04. The maximum atomic E-state index is 12.2. The Morgan fingerprint density at radius 2 is 2.26 bits per heavy atom. The van der Waals surface area contributed by atoms with E-state index in [1.54, 1.807) is 12.1 Å². The van der Waals surface area contributed by atoms with E-state index in [1.807, 2.05) is 13.0 Å². The Hall–Kier alpha value is -2.04. The number of aryl methyl sites for hydroxylation is 1. The van der Waals surface area contributed by atoms with Crippen LogP contribution in [-0.4, -0.2) is 31.5 Å². The second-order valence-corrected chi connectivity index (χ2v) is 4.66. The molecule has 0 spiro atoms. The fraction of sp³-hybridized carbons (Fsp3) is 0.429. The molecule has 2 rings (SSSR count). The van der Waals surface area contributed by atoms with E-state index in [4.69, 9.17) is 4.74 Å². The summed E-state index contributed by atoms with van der Waals surface area (Å²) in [6.07, 6.45) is 1.55. The summed E-state index contributed by atoms with van der Waals surface area (Å²) in [5.41, 5.74) is 1.43. The van der Waals surface area contributed by atoms with Gasteiger partial charge in [-0.05, 0) is 31.9 Å². The zero-order chi connectivity index (χ0) is 13.8. The fourth-order valence-corrected chi connectivity index (χ4v) is 2.15. The summed E-state index contributed by atoms with van der Waals surface area (Å²) in [6.45, 7) is 2.59. The molecular formula is C14H18N2O3. The molecule has 5 heteroatoms. The summed E-state index contributed by atoms with van der Waals surface area (Å²) in [5, 5.41) is 5.50. The van der Waals surface area contributed by atoms with Gasteiger partial charge in [-0.1, -0.05) is 11.6 Å². The molecule has 0 radical (unpaired) electrons. The molecule has 1 unspecified atom stereocenters. The summed E-state index contributed by atoms with van der Waals surface area (Å²) >= 11 is 0. The highest BCUT2D eigenvalue weighted by molar-refractivity contribution is 5.99. The highest BCUT2D eigenvalue weighted by atomic mass is 16.5. The van der Waals surface area contributed by atoms with E-state index in [-0.39, 0.29) is 11.8 Å². The van der Waals surface area contributed by atoms with Crippen LogP contribution in [0.1, 0.15) is 28.8 Å². The Morgan fingerprint density at radius 3 is 2.95 bits per heavy atom. The van der Waals surface area contributed by atoms with Gasteiger partial charge >= 0.3 is 0 Å². The van der Waals surface area contributed by atoms with Crippen LogP contribution in [0.5, 0.6) is 5.75 Å². The number of carbonyl (C=O) groups is 2. The van der Waals surface area contributed by atoms with Crippen molar-refractivity contribution >= 4 is 11.8 Å². The van der Waals surface area contributed by atoms with Gasteiger partial charge in [0, 0.05) is 6.54 Å². The molecule has 19 heavy (non-hydrogen) atoms. The van der Waals surface area contributed by atoms with Crippen molar-refractivity contribution in [2.75, 3.05) is 13.7 Å². The van der Waals surface area contributed by atoms with Gasteiger partial charge in [-0.25, -0.2) is 0 Å². The van der Waals surface area contributed by atoms with E-state index in [9.17, 15) is 9.59 Å². The largest absolute Gasteiger partial charge is 0.496 e. The summed E-state index contributed by atoms with van der Waals surface area (Å²) < 4.78 is 5.18. The molecule has 1 heterocycles. The maximum Gasteiger partial charge on any atom is 0.255 e. The molecule has 102 valence electrons. The van der Waals surface area contributed by atoms with Crippen molar-refractivity contribution in [2.45, 2.75) is 25.8 Å². The first-order valence-electron chi connectivity index (χ1n) is 6.35. The number of hydrogen-bond donors (Lipinski definition) is 2. The van der Waals surface area contributed by atoms with E-state index >= 15 is 0 Å². The average Bonchev–Trinajstić information content (AvgIpc) is 2.41. The smallest absolute Gasteiger partial charge is 0.255 e. The van der Waals surface area contributed by atoms with Crippen LogP contribution >= 0.6 is 0 Å². The standard InChI is InChI=1S/C14H18N2O3/c1-9-5-6-12(19-2)10(8-9)13(17)16-11-4-3-7-15-14(11)18/h5-6,8,11H,3-4,7H2,1-2H3,(H,15,18)(H,16,17). The zero-order valence-electron chi connectivity index (χ0n) is 11.2. The highest BCUT2D eigenvalue weighted by Crippen LogP contribution is 2.20. The Labute approximate surface area is 112 Å². The number of benzene rings is 1. The third-order valence-electron chi connectivity index (χ3n) is 3.19. The van der Waals surface area contributed by atoms with Crippen LogP contribution in [0.2, 0.25) is 0 Å². The predicted octanol–water partition coefficient (Wildman–Crippen LogP) is 1.01. The third kappa shape index (κ3) is 3.05. The van der Waals surface area contributed by atoms with Crippen LogP contribution < -0.4 is 15.4 Å². The lowest BCUT2D eigenvalue weighted by molar-refractivity contribution is -0.124. The molecule has 1 aromatic rings. The van der Waals surface area contributed by atoms with Crippen LogP contribution in [0, 0.1) is 6.92 Å². The molecule has 1 aliphatic heterocycles. The predicted molar refractivity (Wildman–Crippen MR) is 71.2 cm³/mol. The van der Waals surface area contributed by atoms with Crippen LogP contribution in [0.4, 0.5) is 0 Å². The van der Waals surface area contributed by atoms with Gasteiger partial charge in [0.05, 0.1) is 12.7 Å². The van der Waals surface area contributed by atoms with Crippen molar-refractivity contribution < 1.29 is 14.3 Å². The van der Waals surface area contributed by atoms with Gasteiger partial charge in [-0.2, -0.15) is 0 Å². The number of piperidine rings is 1. The van der Waals surface area contributed by atoms with E-state index in [2.05, 4.69) is 10.6 Å². The highest BCUT2D eigenvalue weighted by Gasteiger charge is 2.25. The quantitative estimate of drug-likeness (QED) is 0.854. The fourth-order valence-electron chi connectivity index (χ4n) is 2.15. The third-order valence-corrected chi connectivity index (χ3v) is 3.19. The minimum atomic E-state index is -0.452. The molecule has 1 aromatic carbocycles. The van der Waals surface area contributed by atoms with Crippen LogP contribution in [0.15, 0.2) is 18.2 Å². The lowest BCUT2D eigenvalue weighted by atomic mass is 10.1. The second kappa shape index (κ2) is 5.73. The lowest BCUT2D eigenvalue weighted by Crippen LogP contribution is -2.50. The molecule has 0 aromatic heterocycles. The minimum absolute atomic E-state index is 0.119. The summed E-state index contributed by atoms with van der Waals surface area (Å²) in [5.74, 6) is 0.119. The molecule has 1 saturated heterocycles. The number of hydrogen-bond acceptors (Lipinski definition) is 3. The average molecular weight is 262 g/mol. The Balaban J connectivity index is 2.15. The van der Waals surface area contributed by atoms with Gasteiger partial charge < -0.3 is 15.4 Å². The maximum absolute atomic E-state index is 12.2. The van der Waals surface area contributed by atoms with Gasteiger partial charge in [0.1, 0.15) is 11.8 Å². The summed E-state index contributed by atoms with van der Waals surface area (Å²) in [7, 11) is 1.52. The molecule has 0 aliphatic carbocycles. The van der Waals surface area contributed by atoms with Crippen molar-refractivity contribution in [3.8, 4) is 5.75 Å². The van der Waals surface area contributed by atoms with E-state index in [1.165, 1.54) is 7.11 Å². The topological polar surface area (TPSA) is 67.4 Å². The molecule has 0 bridgehead atoms. The minimum Gasteiger partial charge on any atom is -0.496 e. The molecule has 2 amide bonds. The summed E-state index contributed by atoms with van der Waals surface area (Å²) in [4.78, 5) is 23.8. The van der Waals surface area contributed by atoms with Crippen molar-refractivity contribution in [3.05, 3.63) is 29.3 Å². The zero-order valence-corrected chi connectivity index (χ0v) is 11.2. The van der Waals surface area contributed by atoms with Gasteiger partial charge in [0.2, 0.25) is 5.91 Å². The first-order chi connectivity index (χ1) is 9.11.